The number of hydrogen-bond donors (Lipinski definition) is 0. The molecule has 1 aliphatic heterocycles. The Kier molecular flexibility index (Phi) is 4.09. The second-order valence-electron chi connectivity index (χ2n) is 6.30. The molecule has 3 aromatic rings. The summed E-state index contributed by atoms with van der Waals surface area (Å²) in [6, 6.07) is 18.5. The summed E-state index contributed by atoms with van der Waals surface area (Å²) in [4.78, 5) is 7.33. The summed E-state index contributed by atoms with van der Waals surface area (Å²) in [6.45, 7) is 2.05. The molecule has 0 saturated heterocycles. The summed E-state index contributed by atoms with van der Waals surface area (Å²) in [7, 11) is 2.15. The number of benzene rings is 2. The van der Waals surface area contributed by atoms with Gasteiger partial charge in [0.25, 0.3) is 0 Å². The third kappa shape index (κ3) is 2.83. The highest BCUT2D eigenvalue weighted by Crippen LogP contribution is 2.34. The molecule has 24 heavy (non-hydrogen) atoms. The van der Waals surface area contributed by atoms with Crippen molar-refractivity contribution in [3.05, 3.63) is 71.4 Å². The Balaban J connectivity index is 1.94. The first kappa shape index (κ1) is 15.4. The van der Waals surface area contributed by atoms with E-state index < -0.39 is 0 Å². The second kappa shape index (κ2) is 6.39. The summed E-state index contributed by atoms with van der Waals surface area (Å²) in [5.74, 6) is 0. The summed E-state index contributed by atoms with van der Waals surface area (Å²) in [5, 5.41) is 3.09. The molecule has 3 heteroatoms. The molecule has 1 aliphatic rings. The van der Waals surface area contributed by atoms with E-state index in [0.29, 0.717) is 0 Å². The first-order valence-electron chi connectivity index (χ1n) is 8.25. The largest absolute Gasteiger partial charge is 0.302 e. The molecule has 4 rings (SSSR count). The molecule has 2 aromatic carbocycles. The van der Waals surface area contributed by atoms with Crippen LogP contribution < -0.4 is 0 Å². The van der Waals surface area contributed by atoms with Crippen LogP contribution in [0.3, 0.4) is 0 Å². The van der Waals surface area contributed by atoms with Crippen molar-refractivity contribution < 1.29 is 0 Å². The maximum atomic E-state index is 6.46. The number of aromatic nitrogens is 1. The lowest BCUT2D eigenvalue weighted by molar-refractivity contribution is 0.370. The normalized spacial score (nSPS) is 15.5. The summed E-state index contributed by atoms with van der Waals surface area (Å²) < 4.78 is 0. The predicted molar refractivity (Wildman–Crippen MR) is 102 cm³/mol. The molecule has 0 atom stereocenters. The first-order chi connectivity index (χ1) is 11.7. The molecule has 0 saturated carbocycles. The molecule has 120 valence electrons. The molecular formula is C21H19ClN2. The predicted octanol–water partition coefficient (Wildman–Crippen LogP) is 5.27. The minimum Gasteiger partial charge on any atom is -0.302 e. The van der Waals surface area contributed by atoms with Gasteiger partial charge in [-0.2, -0.15) is 0 Å². The number of halogens is 1. The van der Waals surface area contributed by atoms with E-state index >= 15 is 0 Å². The van der Waals surface area contributed by atoms with Gasteiger partial charge in [0.2, 0.25) is 0 Å². The lowest BCUT2D eigenvalue weighted by Crippen LogP contribution is -2.23. The third-order valence-corrected chi connectivity index (χ3v) is 4.94. The van der Waals surface area contributed by atoms with Gasteiger partial charge in [-0.25, -0.2) is 4.98 Å². The number of nitrogens with zero attached hydrogens (tertiary/aromatic N) is 2. The Bertz CT molecular complexity index is 930. The van der Waals surface area contributed by atoms with Crippen molar-refractivity contribution in [3.8, 4) is 11.3 Å². The summed E-state index contributed by atoms with van der Waals surface area (Å²) in [6.07, 6.45) is 3.32. The number of rotatable bonds is 2. The van der Waals surface area contributed by atoms with Gasteiger partial charge in [-0.15, -0.1) is 0 Å². The fourth-order valence-corrected chi connectivity index (χ4v) is 3.45. The van der Waals surface area contributed by atoms with Crippen LogP contribution >= 0.6 is 11.6 Å². The maximum absolute atomic E-state index is 6.46. The van der Waals surface area contributed by atoms with Gasteiger partial charge in [0, 0.05) is 29.1 Å². The third-order valence-electron chi connectivity index (χ3n) is 4.61. The van der Waals surface area contributed by atoms with Gasteiger partial charge in [0.1, 0.15) is 0 Å². The zero-order chi connectivity index (χ0) is 16.5. The Morgan fingerprint density at radius 3 is 2.62 bits per heavy atom. The molecule has 2 nitrogen and oxygen atoms in total. The fraction of sp³-hybridized carbons (Fsp3) is 0.190. The lowest BCUT2D eigenvalue weighted by atomic mass is 9.98. The van der Waals surface area contributed by atoms with Crippen LogP contribution in [0.2, 0.25) is 5.02 Å². The van der Waals surface area contributed by atoms with Crippen molar-refractivity contribution in [2.24, 2.45) is 0 Å². The molecule has 0 amide bonds. The quantitative estimate of drug-likeness (QED) is 0.634. The van der Waals surface area contributed by atoms with E-state index in [4.69, 9.17) is 16.6 Å². The SMILES string of the molecule is CN1CC=C(c2cc3ccccc3c(-c3ccccc3Cl)n2)CC1. The minimum absolute atomic E-state index is 0.740. The molecule has 2 heterocycles. The highest BCUT2D eigenvalue weighted by molar-refractivity contribution is 6.33. The first-order valence-corrected chi connectivity index (χ1v) is 8.63. The average molecular weight is 335 g/mol. The van der Waals surface area contributed by atoms with Crippen LogP contribution in [-0.4, -0.2) is 30.0 Å². The zero-order valence-corrected chi connectivity index (χ0v) is 14.4. The smallest absolute Gasteiger partial charge is 0.0802 e. The van der Waals surface area contributed by atoms with Crippen LogP contribution in [0, 0.1) is 0 Å². The van der Waals surface area contributed by atoms with Gasteiger partial charge in [-0.1, -0.05) is 60.1 Å². The van der Waals surface area contributed by atoms with Gasteiger partial charge in [-0.05, 0) is 36.6 Å². The molecule has 0 fully saturated rings. The van der Waals surface area contributed by atoms with E-state index in [1.54, 1.807) is 0 Å². The molecule has 0 unspecified atom stereocenters. The van der Waals surface area contributed by atoms with Crippen LogP contribution in [-0.2, 0) is 0 Å². The Hall–Kier alpha value is -2.16. The molecule has 0 bridgehead atoms. The van der Waals surface area contributed by atoms with Crippen molar-refractivity contribution in [3.63, 3.8) is 0 Å². The molecular weight excluding hydrogens is 316 g/mol. The zero-order valence-electron chi connectivity index (χ0n) is 13.7. The molecule has 0 radical (unpaired) electrons. The van der Waals surface area contributed by atoms with Crippen LogP contribution in [0.25, 0.3) is 27.6 Å². The summed E-state index contributed by atoms with van der Waals surface area (Å²) in [5.41, 5.74) is 4.35. The topological polar surface area (TPSA) is 16.1 Å². The van der Waals surface area contributed by atoms with Gasteiger partial charge >= 0.3 is 0 Å². The number of likely N-dealkylation sites (N-methyl/N-ethyl adjacent to an activating group) is 1. The lowest BCUT2D eigenvalue weighted by Gasteiger charge is -2.22. The molecule has 0 aliphatic carbocycles. The number of fused-ring (bicyclic) bond motifs is 1. The highest BCUT2D eigenvalue weighted by atomic mass is 35.5. The Labute approximate surface area is 147 Å². The van der Waals surface area contributed by atoms with Crippen LogP contribution in [0.1, 0.15) is 12.1 Å². The maximum Gasteiger partial charge on any atom is 0.0802 e. The number of pyridine rings is 1. The van der Waals surface area contributed by atoms with Gasteiger partial charge < -0.3 is 4.90 Å². The Morgan fingerprint density at radius 2 is 1.83 bits per heavy atom. The van der Waals surface area contributed by atoms with E-state index in [1.807, 2.05) is 24.3 Å². The van der Waals surface area contributed by atoms with E-state index in [-0.39, 0.29) is 0 Å². The van der Waals surface area contributed by atoms with Crippen molar-refractivity contribution in [2.45, 2.75) is 6.42 Å². The number of hydrogen-bond acceptors (Lipinski definition) is 2. The average Bonchev–Trinajstić information content (AvgIpc) is 2.62. The van der Waals surface area contributed by atoms with Gasteiger partial charge in [-0.3, -0.25) is 0 Å². The minimum atomic E-state index is 0.740. The van der Waals surface area contributed by atoms with Crippen LogP contribution in [0.5, 0.6) is 0 Å². The van der Waals surface area contributed by atoms with Crippen molar-refractivity contribution in [1.29, 1.82) is 0 Å². The second-order valence-corrected chi connectivity index (χ2v) is 6.71. The molecule has 0 N–H and O–H groups in total. The van der Waals surface area contributed by atoms with E-state index in [2.05, 4.69) is 48.4 Å². The molecule has 0 spiro atoms. The van der Waals surface area contributed by atoms with Crippen LogP contribution in [0.4, 0.5) is 0 Å². The van der Waals surface area contributed by atoms with E-state index in [1.165, 1.54) is 11.0 Å². The standard InChI is InChI=1S/C21H19ClN2/c1-24-12-10-15(11-13-24)20-14-16-6-2-3-7-17(16)21(23-20)18-8-4-5-9-19(18)22/h2-10,14H,11-13H2,1H3. The van der Waals surface area contributed by atoms with Crippen molar-refractivity contribution in [1.82, 2.24) is 9.88 Å². The Morgan fingerprint density at radius 1 is 1.04 bits per heavy atom. The van der Waals surface area contributed by atoms with E-state index in [0.717, 1.165) is 46.9 Å². The van der Waals surface area contributed by atoms with Gasteiger partial charge in [0.15, 0.2) is 0 Å². The van der Waals surface area contributed by atoms with Crippen molar-refractivity contribution >= 4 is 27.9 Å². The highest BCUT2D eigenvalue weighted by Gasteiger charge is 2.15. The van der Waals surface area contributed by atoms with Gasteiger partial charge in [0.05, 0.1) is 11.4 Å². The summed E-state index contributed by atoms with van der Waals surface area (Å²) >= 11 is 6.46. The van der Waals surface area contributed by atoms with Crippen LogP contribution in [0.15, 0.2) is 60.7 Å². The van der Waals surface area contributed by atoms with E-state index in [9.17, 15) is 0 Å². The fourth-order valence-electron chi connectivity index (χ4n) is 3.23. The monoisotopic (exact) mass is 334 g/mol. The van der Waals surface area contributed by atoms with Crippen molar-refractivity contribution in [2.75, 3.05) is 20.1 Å². The molecule has 1 aromatic heterocycles.